The van der Waals surface area contributed by atoms with Crippen LogP contribution in [-0.4, -0.2) is 17.8 Å². The largest absolute Gasteiger partial charge is 0.348 e. The summed E-state index contributed by atoms with van der Waals surface area (Å²) >= 11 is 3.38. The Balaban J connectivity index is 2.37. The standard InChI is InChI=1S/C14H21BrN2O/c15-10-6-2-5-9-14(18)17-13(11-16)12-7-3-1-4-8-12/h1,3-4,7-8,13H,2,5-6,9-11,16H2,(H,17,18). The third-order valence-electron chi connectivity index (χ3n) is 2.81. The minimum Gasteiger partial charge on any atom is -0.348 e. The highest BCUT2D eigenvalue weighted by Crippen LogP contribution is 2.11. The van der Waals surface area contributed by atoms with Crippen LogP contribution in [0.25, 0.3) is 0 Å². The van der Waals surface area contributed by atoms with Crippen molar-refractivity contribution in [1.82, 2.24) is 5.32 Å². The molecule has 0 heterocycles. The number of rotatable bonds is 8. The van der Waals surface area contributed by atoms with Gasteiger partial charge in [0.05, 0.1) is 6.04 Å². The zero-order chi connectivity index (χ0) is 13.2. The molecule has 4 heteroatoms. The Bertz CT molecular complexity index is 343. The first kappa shape index (κ1) is 15.2. The van der Waals surface area contributed by atoms with Gasteiger partial charge in [-0.3, -0.25) is 4.79 Å². The van der Waals surface area contributed by atoms with E-state index in [-0.39, 0.29) is 11.9 Å². The summed E-state index contributed by atoms with van der Waals surface area (Å²) in [5.74, 6) is 0.0869. The molecular formula is C14H21BrN2O. The Morgan fingerprint density at radius 2 is 1.94 bits per heavy atom. The highest BCUT2D eigenvalue weighted by atomic mass is 79.9. The molecular weight excluding hydrogens is 292 g/mol. The van der Waals surface area contributed by atoms with E-state index in [1.165, 1.54) is 0 Å². The van der Waals surface area contributed by atoms with E-state index in [2.05, 4.69) is 21.2 Å². The van der Waals surface area contributed by atoms with Crippen LogP contribution >= 0.6 is 15.9 Å². The van der Waals surface area contributed by atoms with Crippen LogP contribution in [0.5, 0.6) is 0 Å². The van der Waals surface area contributed by atoms with Gasteiger partial charge in [-0.05, 0) is 18.4 Å². The molecule has 1 atom stereocenters. The second-order valence-corrected chi connectivity index (χ2v) is 5.06. The number of carbonyl (C=O) groups is 1. The Hall–Kier alpha value is -0.870. The number of benzene rings is 1. The fourth-order valence-electron chi connectivity index (χ4n) is 1.79. The molecule has 0 fully saturated rings. The van der Waals surface area contributed by atoms with Gasteiger partial charge in [0.1, 0.15) is 0 Å². The molecule has 0 spiro atoms. The van der Waals surface area contributed by atoms with E-state index in [1.54, 1.807) is 0 Å². The summed E-state index contributed by atoms with van der Waals surface area (Å²) in [4.78, 5) is 11.8. The molecule has 1 aromatic rings. The van der Waals surface area contributed by atoms with Crippen molar-refractivity contribution in [2.24, 2.45) is 5.73 Å². The summed E-state index contributed by atoms with van der Waals surface area (Å²) in [6.07, 6.45) is 3.71. The number of nitrogens with one attached hydrogen (secondary N) is 1. The van der Waals surface area contributed by atoms with Gasteiger partial charge in [0.2, 0.25) is 5.91 Å². The molecule has 0 saturated heterocycles. The summed E-state index contributed by atoms with van der Waals surface area (Å²) < 4.78 is 0. The number of nitrogens with two attached hydrogens (primary N) is 1. The smallest absolute Gasteiger partial charge is 0.220 e. The van der Waals surface area contributed by atoms with Gasteiger partial charge in [0, 0.05) is 18.3 Å². The lowest BCUT2D eigenvalue weighted by atomic mass is 10.1. The molecule has 0 aliphatic carbocycles. The van der Waals surface area contributed by atoms with Crippen LogP contribution in [0.3, 0.4) is 0 Å². The van der Waals surface area contributed by atoms with Crippen molar-refractivity contribution in [2.75, 3.05) is 11.9 Å². The predicted molar refractivity (Wildman–Crippen MR) is 78.6 cm³/mol. The molecule has 0 bridgehead atoms. The topological polar surface area (TPSA) is 55.1 Å². The lowest BCUT2D eigenvalue weighted by molar-refractivity contribution is -0.121. The maximum absolute atomic E-state index is 11.8. The van der Waals surface area contributed by atoms with Crippen molar-refractivity contribution in [3.63, 3.8) is 0 Å². The van der Waals surface area contributed by atoms with Gasteiger partial charge in [0.15, 0.2) is 0 Å². The van der Waals surface area contributed by atoms with E-state index in [0.29, 0.717) is 13.0 Å². The third-order valence-corrected chi connectivity index (χ3v) is 3.37. The van der Waals surface area contributed by atoms with E-state index in [0.717, 1.165) is 30.2 Å². The molecule has 3 nitrogen and oxygen atoms in total. The Kier molecular flexibility index (Phi) is 7.69. The Morgan fingerprint density at radius 3 is 2.56 bits per heavy atom. The highest BCUT2D eigenvalue weighted by molar-refractivity contribution is 9.09. The van der Waals surface area contributed by atoms with Gasteiger partial charge < -0.3 is 11.1 Å². The average molecular weight is 313 g/mol. The van der Waals surface area contributed by atoms with Crippen molar-refractivity contribution in [3.8, 4) is 0 Å². The van der Waals surface area contributed by atoms with Gasteiger partial charge >= 0.3 is 0 Å². The van der Waals surface area contributed by atoms with Crippen molar-refractivity contribution in [3.05, 3.63) is 35.9 Å². The average Bonchev–Trinajstić information content (AvgIpc) is 2.42. The SMILES string of the molecule is NCC(NC(=O)CCCCCBr)c1ccccc1. The highest BCUT2D eigenvalue weighted by Gasteiger charge is 2.11. The fourth-order valence-corrected chi connectivity index (χ4v) is 2.18. The molecule has 1 aromatic carbocycles. The maximum Gasteiger partial charge on any atom is 0.220 e. The summed E-state index contributed by atoms with van der Waals surface area (Å²) in [5, 5.41) is 3.99. The number of unbranched alkanes of at least 4 members (excludes halogenated alkanes) is 2. The lowest BCUT2D eigenvalue weighted by Gasteiger charge is -2.17. The number of halogens is 1. The number of hydrogen-bond acceptors (Lipinski definition) is 2. The van der Waals surface area contributed by atoms with Gasteiger partial charge in [-0.15, -0.1) is 0 Å². The predicted octanol–water partition coefficient (Wildman–Crippen LogP) is 2.76. The maximum atomic E-state index is 11.8. The van der Waals surface area contributed by atoms with Crippen LogP contribution < -0.4 is 11.1 Å². The first-order chi connectivity index (χ1) is 8.77. The first-order valence-electron chi connectivity index (χ1n) is 6.38. The minimum atomic E-state index is -0.0742. The molecule has 1 unspecified atom stereocenters. The second kappa shape index (κ2) is 9.11. The van der Waals surface area contributed by atoms with Crippen LogP contribution in [0.1, 0.15) is 37.3 Å². The monoisotopic (exact) mass is 312 g/mol. The first-order valence-corrected chi connectivity index (χ1v) is 7.50. The quantitative estimate of drug-likeness (QED) is 0.573. The number of alkyl halides is 1. The summed E-state index contributed by atoms with van der Waals surface area (Å²) in [7, 11) is 0. The van der Waals surface area contributed by atoms with E-state index >= 15 is 0 Å². The lowest BCUT2D eigenvalue weighted by Crippen LogP contribution is -2.33. The van der Waals surface area contributed by atoms with Gasteiger partial charge in [-0.2, -0.15) is 0 Å². The van der Waals surface area contributed by atoms with Gasteiger partial charge in [-0.25, -0.2) is 0 Å². The molecule has 1 amide bonds. The minimum absolute atomic E-state index is 0.0742. The van der Waals surface area contributed by atoms with Gasteiger partial charge in [-0.1, -0.05) is 52.7 Å². The van der Waals surface area contributed by atoms with Crippen molar-refractivity contribution < 1.29 is 4.79 Å². The number of hydrogen-bond donors (Lipinski definition) is 2. The molecule has 18 heavy (non-hydrogen) atoms. The summed E-state index contributed by atoms with van der Waals surface area (Å²) in [5.41, 5.74) is 6.77. The molecule has 3 N–H and O–H groups in total. The van der Waals surface area contributed by atoms with Crippen molar-refractivity contribution in [1.29, 1.82) is 0 Å². The second-order valence-electron chi connectivity index (χ2n) is 4.27. The fraction of sp³-hybridized carbons (Fsp3) is 0.500. The number of carbonyl (C=O) groups excluding carboxylic acids is 1. The van der Waals surface area contributed by atoms with Crippen LogP contribution in [-0.2, 0) is 4.79 Å². The Labute approximate surface area is 117 Å². The zero-order valence-corrected chi connectivity index (χ0v) is 12.2. The van der Waals surface area contributed by atoms with Crippen LogP contribution in [0.2, 0.25) is 0 Å². The van der Waals surface area contributed by atoms with Crippen LogP contribution in [0, 0.1) is 0 Å². The molecule has 100 valence electrons. The zero-order valence-electron chi connectivity index (χ0n) is 10.6. The molecule has 0 aliphatic rings. The third kappa shape index (κ3) is 5.65. The van der Waals surface area contributed by atoms with Crippen molar-refractivity contribution >= 4 is 21.8 Å². The van der Waals surface area contributed by atoms with Crippen molar-refractivity contribution in [2.45, 2.75) is 31.7 Å². The molecule has 0 saturated carbocycles. The Morgan fingerprint density at radius 1 is 1.22 bits per heavy atom. The summed E-state index contributed by atoms with van der Waals surface area (Å²) in [6, 6.07) is 9.78. The molecule has 0 aromatic heterocycles. The van der Waals surface area contributed by atoms with Crippen LogP contribution in [0.4, 0.5) is 0 Å². The molecule has 0 aliphatic heterocycles. The molecule has 0 radical (unpaired) electrons. The normalized spacial score (nSPS) is 12.1. The van der Waals surface area contributed by atoms with E-state index in [1.807, 2.05) is 30.3 Å². The van der Waals surface area contributed by atoms with Gasteiger partial charge in [0.25, 0.3) is 0 Å². The van der Waals surface area contributed by atoms with Crippen LogP contribution in [0.15, 0.2) is 30.3 Å². The molecule has 1 rings (SSSR count). The van der Waals surface area contributed by atoms with E-state index in [4.69, 9.17) is 5.73 Å². The number of amides is 1. The summed E-state index contributed by atoms with van der Waals surface area (Å²) in [6.45, 7) is 0.428. The van der Waals surface area contributed by atoms with E-state index in [9.17, 15) is 4.79 Å². The van der Waals surface area contributed by atoms with E-state index < -0.39 is 0 Å².